The molecule has 2 aromatic carbocycles. The van der Waals surface area contributed by atoms with Gasteiger partial charge in [-0.25, -0.2) is 0 Å². The average molecular weight is 374 g/mol. The molecule has 0 N–H and O–H groups in total. The number of ether oxygens (including phenoxy) is 2. The van der Waals surface area contributed by atoms with Crippen molar-refractivity contribution in [2.75, 3.05) is 40.4 Å². The number of hydrogen-bond acceptors (Lipinski definition) is 5. The predicted molar refractivity (Wildman–Crippen MR) is 105 cm³/mol. The molecule has 0 aliphatic carbocycles. The third-order valence-corrected chi connectivity index (χ3v) is 4.87. The number of hydrazone groups is 1. The van der Waals surface area contributed by atoms with Crippen molar-refractivity contribution in [1.29, 1.82) is 0 Å². The van der Waals surface area contributed by atoms with E-state index in [1.165, 1.54) is 5.56 Å². The lowest BCUT2D eigenvalue weighted by Crippen LogP contribution is -2.43. The SMILES string of the molecule is COc1ccc(C=NN2CCN(Cc3ccccc3Cl)CC2)c(OC)c1. The Bertz CT molecular complexity index is 758. The lowest BCUT2D eigenvalue weighted by molar-refractivity contribution is 0.131. The van der Waals surface area contributed by atoms with E-state index in [1.807, 2.05) is 42.6 Å². The van der Waals surface area contributed by atoms with Crippen LogP contribution in [0.5, 0.6) is 11.5 Å². The predicted octanol–water partition coefficient (Wildman–Crippen LogP) is 3.51. The van der Waals surface area contributed by atoms with Gasteiger partial charge in [0.2, 0.25) is 0 Å². The molecule has 1 aliphatic heterocycles. The fourth-order valence-corrected chi connectivity index (χ4v) is 3.14. The first-order valence-corrected chi connectivity index (χ1v) is 9.04. The number of piperazine rings is 1. The van der Waals surface area contributed by atoms with Crippen LogP contribution in [-0.2, 0) is 6.54 Å². The van der Waals surface area contributed by atoms with Crippen molar-refractivity contribution in [3.05, 3.63) is 58.6 Å². The highest BCUT2D eigenvalue weighted by atomic mass is 35.5. The maximum Gasteiger partial charge on any atom is 0.131 e. The molecule has 0 bridgehead atoms. The molecule has 5 nitrogen and oxygen atoms in total. The summed E-state index contributed by atoms with van der Waals surface area (Å²) in [6.07, 6.45) is 1.85. The van der Waals surface area contributed by atoms with E-state index in [0.717, 1.165) is 54.8 Å². The van der Waals surface area contributed by atoms with Gasteiger partial charge in [-0.05, 0) is 23.8 Å². The standard InChI is InChI=1S/C20H24ClN3O2/c1-25-18-8-7-16(20(13-18)26-2)14-22-24-11-9-23(10-12-24)15-17-5-3-4-6-19(17)21/h3-8,13-14H,9-12,15H2,1-2H3. The molecule has 3 rings (SSSR count). The van der Waals surface area contributed by atoms with E-state index >= 15 is 0 Å². The van der Waals surface area contributed by atoms with Crippen LogP contribution in [0.1, 0.15) is 11.1 Å². The Labute approximate surface area is 159 Å². The van der Waals surface area contributed by atoms with Crippen LogP contribution in [0.3, 0.4) is 0 Å². The van der Waals surface area contributed by atoms with Gasteiger partial charge in [-0.3, -0.25) is 9.91 Å². The van der Waals surface area contributed by atoms with Crippen LogP contribution in [0.15, 0.2) is 47.6 Å². The van der Waals surface area contributed by atoms with Crippen molar-refractivity contribution in [3.63, 3.8) is 0 Å². The van der Waals surface area contributed by atoms with Gasteiger partial charge in [-0.2, -0.15) is 5.10 Å². The molecular formula is C20H24ClN3O2. The number of rotatable bonds is 6. The third-order valence-electron chi connectivity index (χ3n) is 4.50. The molecule has 26 heavy (non-hydrogen) atoms. The van der Waals surface area contributed by atoms with E-state index in [1.54, 1.807) is 14.2 Å². The molecular weight excluding hydrogens is 350 g/mol. The number of methoxy groups -OCH3 is 2. The Morgan fingerprint density at radius 3 is 2.50 bits per heavy atom. The van der Waals surface area contributed by atoms with E-state index < -0.39 is 0 Å². The zero-order valence-corrected chi connectivity index (χ0v) is 15.9. The molecule has 1 fully saturated rings. The van der Waals surface area contributed by atoms with Crippen molar-refractivity contribution in [2.24, 2.45) is 5.10 Å². The van der Waals surface area contributed by atoms with E-state index in [9.17, 15) is 0 Å². The second-order valence-electron chi connectivity index (χ2n) is 6.17. The summed E-state index contributed by atoms with van der Waals surface area (Å²) in [5.74, 6) is 1.53. The maximum atomic E-state index is 6.26. The van der Waals surface area contributed by atoms with Crippen LogP contribution in [0.2, 0.25) is 5.02 Å². The van der Waals surface area contributed by atoms with E-state index in [-0.39, 0.29) is 0 Å². The molecule has 0 aromatic heterocycles. The molecule has 1 saturated heterocycles. The lowest BCUT2D eigenvalue weighted by Gasteiger charge is -2.33. The summed E-state index contributed by atoms with van der Waals surface area (Å²) in [5.41, 5.74) is 2.11. The molecule has 0 amide bonds. The Morgan fingerprint density at radius 1 is 1.04 bits per heavy atom. The third kappa shape index (κ3) is 4.68. The van der Waals surface area contributed by atoms with Crippen molar-refractivity contribution in [2.45, 2.75) is 6.54 Å². The molecule has 0 saturated carbocycles. The Morgan fingerprint density at radius 2 is 1.81 bits per heavy atom. The summed E-state index contributed by atoms with van der Waals surface area (Å²) in [7, 11) is 3.30. The van der Waals surface area contributed by atoms with Gasteiger partial charge in [-0.15, -0.1) is 0 Å². The van der Waals surface area contributed by atoms with Crippen molar-refractivity contribution < 1.29 is 9.47 Å². The summed E-state index contributed by atoms with van der Waals surface area (Å²) in [6.45, 7) is 4.58. The number of halogens is 1. The number of hydrogen-bond donors (Lipinski definition) is 0. The minimum Gasteiger partial charge on any atom is -0.497 e. The molecule has 2 aromatic rings. The molecule has 138 valence electrons. The minimum atomic E-state index is 0.755. The number of nitrogens with zero attached hydrogens (tertiary/aromatic N) is 3. The van der Waals surface area contributed by atoms with Gasteiger partial charge < -0.3 is 9.47 Å². The fourth-order valence-electron chi connectivity index (χ4n) is 2.95. The van der Waals surface area contributed by atoms with Crippen molar-refractivity contribution >= 4 is 17.8 Å². The Kier molecular flexibility index (Phi) is 6.36. The molecule has 0 atom stereocenters. The summed E-state index contributed by atoms with van der Waals surface area (Å²) < 4.78 is 10.6. The monoisotopic (exact) mass is 373 g/mol. The highest BCUT2D eigenvalue weighted by molar-refractivity contribution is 6.31. The first-order valence-electron chi connectivity index (χ1n) is 8.66. The smallest absolute Gasteiger partial charge is 0.131 e. The van der Waals surface area contributed by atoms with Gasteiger partial charge in [-0.1, -0.05) is 29.8 Å². The first kappa shape index (κ1) is 18.5. The largest absolute Gasteiger partial charge is 0.497 e. The molecule has 0 spiro atoms. The quantitative estimate of drug-likeness (QED) is 0.726. The van der Waals surface area contributed by atoms with Gasteiger partial charge in [0.1, 0.15) is 11.5 Å². The van der Waals surface area contributed by atoms with Gasteiger partial charge in [0.15, 0.2) is 0 Å². The summed E-state index contributed by atoms with van der Waals surface area (Å²) >= 11 is 6.26. The molecule has 0 radical (unpaired) electrons. The normalized spacial score (nSPS) is 15.4. The van der Waals surface area contributed by atoms with Crippen LogP contribution in [0, 0.1) is 0 Å². The summed E-state index contributed by atoms with van der Waals surface area (Å²) in [6, 6.07) is 13.8. The highest BCUT2D eigenvalue weighted by Gasteiger charge is 2.16. The Balaban J connectivity index is 1.55. The van der Waals surface area contributed by atoms with E-state index in [2.05, 4.69) is 21.1 Å². The molecule has 0 unspecified atom stereocenters. The van der Waals surface area contributed by atoms with Crippen LogP contribution in [0.25, 0.3) is 0 Å². The van der Waals surface area contributed by atoms with Gasteiger partial charge in [0.05, 0.1) is 20.4 Å². The van der Waals surface area contributed by atoms with Gasteiger partial charge in [0, 0.05) is 49.4 Å². The van der Waals surface area contributed by atoms with Crippen LogP contribution in [-0.4, -0.2) is 56.5 Å². The highest BCUT2D eigenvalue weighted by Crippen LogP contribution is 2.23. The molecule has 1 heterocycles. The Hall–Kier alpha value is -2.24. The second-order valence-corrected chi connectivity index (χ2v) is 6.58. The van der Waals surface area contributed by atoms with Crippen LogP contribution in [0.4, 0.5) is 0 Å². The lowest BCUT2D eigenvalue weighted by atomic mass is 10.2. The van der Waals surface area contributed by atoms with Gasteiger partial charge >= 0.3 is 0 Å². The summed E-state index contributed by atoms with van der Waals surface area (Å²) in [5, 5.41) is 7.53. The van der Waals surface area contributed by atoms with Crippen molar-refractivity contribution in [1.82, 2.24) is 9.91 Å². The van der Waals surface area contributed by atoms with Crippen LogP contribution < -0.4 is 9.47 Å². The summed E-state index contributed by atoms with van der Waals surface area (Å²) in [4.78, 5) is 2.40. The van der Waals surface area contributed by atoms with Crippen molar-refractivity contribution in [3.8, 4) is 11.5 Å². The van der Waals surface area contributed by atoms with E-state index in [0.29, 0.717) is 0 Å². The maximum absolute atomic E-state index is 6.26. The minimum absolute atomic E-state index is 0.755. The topological polar surface area (TPSA) is 37.3 Å². The second kappa shape index (κ2) is 8.92. The number of benzene rings is 2. The first-order chi connectivity index (χ1) is 12.7. The van der Waals surface area contributed by atoms with E-state index in [4.69, 9.17) is 21.1 Å². The zero-order valence-electron chi connectivity index (χ0n) is 15.2. The molecule has 1 aliphatic rings. The fraction of sp³-hybridized carbons (Fsp3) is 0.350. The van der Waals surface area contributed by atoms with Gasteiger partial charge in [0.25, 0.3) is 0 Å². The average Bonchev–Trinajstić information content (AvgIpc) is 2.69. The zero-order chi connectivity index (χ0) is 18.4. The molecule has 6 heteroatoms. The van der Waals surface area contributed by atoms with Crippen LogP contribution >= 0.6 is 11.6 Å².